The fourth-order valence-electron chi connectivity index (χ4n) is 2.41. The van der Waals surface area contributed by atoms with Crippen molar-refractivity contribution in [1.29, 1.82) is 0 Å². The second kappa shape index (κ2) is 5.13. The number of carbonyl (C=O) groups is 1. The molecule has 0 fully saturated rings. The van der Waals surface area contributed by atoms with Gasteiger partial charge >= 0.3 is 5.97 Å². The summed E-state index contributed by atoms with van der Waals surface area (Å²) in [5, 5.41) is 10.5. The van der Waals surface area contributed by atoms with Gasteiger partial charge in [0, 0.05) is 20.7 Å². The van der Waals surface area contributed by atoms with E-state index in [1.165, 1.54) is 4.88 Å². The number of hydrogen-bond donors (Lipinski definition) is 1. The van der Waals surface area contributed by atoms with Crippen molar-refractivity contribution >= 4 is 39.8 Å². The van der Waals surface area contributed by atoms with Crippen molar-refractivity contribution in [3.8, 4) is 11.3 Å². The van der Waals surface area contributed by atoms with Crippen molar-refractivity contribution < 1.29 is 9.90 Å². The quantitative estimate of drug-likeness (QED) is 0.729. The third-order valence-corrected chi connectivity index (χ3v) is 4.61. The Labute approximate surface area is 130 Å². The number of rotatable bonds is 2. The van der Waals surface area contributed by atoms with Crippen LogP contribution in [0.3, 0.4) is 0 Å². The molecule has 5 heteroatoms. The molecule has 0 radical (unpaired) electrons. The van der Waals surface area contributed by atoms with Crippen LogP contribution < -0.4 is 0 Å². The number of carboxylic acid groups (broad SMARTS) is 1. The summed E-state index contributed by atoms with van der Waals surface area (Å²) in [5.41, 5.74) is 2.36. The fourth-order valence-corrected chi connectivity index (χ4v) is 3.56. The first-order valence-electron chi connectivity index (χ1n) is 6.37. The molecule has 0 aliphatic carbocycles. The molecule has 3 rings (SSSR count). The van der Waals surface area contributed by atoms with E-state index in [2.05, 4.69) is 4.98 Å². The first kappa shape index (κ1) is 14.0. The molecule has 0 bridgehead atoms. The summed E-state index contributed by atoms with van der Waals surface area (Å²) in [5.74, 6) is -0.976. The van der Waals surface area contributed by atoms with Crippen LogP contribution in [0.15, 0.2) is 30.3 Å². The molecule has 0 saturated heterocycles. The van der Waals surface area contributed by atoms with Crippen molar-refractivity contribution in [2.45, 2.75) is 13.8 Å². The number of nitrogens with zero attached hydrogens (tertiary/aromatic N) is 1. The Kier molecular flexibility index (Phi) is 3.43. The molecule has 3 nitrogen and oxygen atoms in total. The van der Waals surface area contributed by atoms with Gasteiger partial charge in [-0.1, -0.05) is 23.7 Å². The van der Waals surface area contributed by atoms with Crippen LogP contribution in [0.2, 0.25) is 5.02 Å². The van der Waals surface area contributed by atoms with Crippen LogP contribution in [0.4, 0.5) is 0 Å². The number of thiophene rings is 1. The summed E-state index contributed by atoms with van der Waals surface area (Å²) >= 11 is 7.85. The van der Waals surface area contributed by atoms with Crippen molar-refractivity contribution in [3.63, 3.8) is 0 Å². The second-order valence-electron chi connectivity index (χ2n) is 4.82. The van der Waals surface area contributed by atoms with Gasteiger partial charge in [-0.05, 0) is 32.0 Å². The zero-order chi connectivity index (χ0) is 15.1. The van der Waals surface area contributed by atoms with Crippen molar-refractivity contribution in [2.24, 2.45) is 0 Å². The summed E-state index contributed by atoms with van der Waals surface area (Å²) in [6.07, 6.45) is 0. The largest absolute Gasteiger partial charge is 0.478 e. The third kappa shape index (κ3) is 2.41. The third-order valence-electron chi connectivity index (χ3n) is 3.34. The fraction of sp³-hybridized carbons (Fsp3) is 0.125. The average Bonchev–Trinajstić information content (AvgIpc) is 2.77. The van der Waals surface area contributed by atoms with E-state index in [9.17, 15) is 9.90 Å². The number of aryl methyl sites for hydroxylation is 2. The maximum absolute atomic E-state index is 11.5. The van der Waals surface area contributed by atoms with E-state index in [-0.39, 0.29) is 5.56 Å². The number of hydrogen-bond acceptors (Lipinski definition) is 3. The van der Waals surface area contributed by atoms with Gasteiger partial charge in [0.15, 0.2) is 0 Å². The number of pyridine rings is 1. The van der Waals surface area contributed by atoms with E-state index in [1.54, 1.807) is 35.6 Å². The van der Waals surface area contributed by atoms with E-state index in [4.69, 9.17) is 11.6 Å². The van der Waals surface area contributed by atoms with E-state index in [1.807, 2.05) is 19.9 Å². The second-order valence-corrected chi connectivity index (χ2v) is 6.69. The monoisotopic (exact) mass is 317 g/mol. The minimum atomic E-state index is -0.976. The number of fused-ring (bicyclic) bond motifs is 1. The summed E-state index contributed by atoms with van der Waals surface area (Å²) in [6.45, 7) is 4.03. The highest BCUT2D eigenvalue weighted by Gasteiger charge is 2.16. The van der Waals surface area contributed by atoms with E-state index in [0.29, 0.717) is 21.6 Å². The first-order chi connectivity index (χ1) is 9.97. The normalized spacial score (nSPS) is 11.0. The Morgan fingerprint density at radius 1 is 1.29 bits per heavy atom. The SMILES string of the molecule is Cc1cc(-c2cc(C(=O)O)c3cccc(Cl)c3n2)c(C)s1. The van der Waals surface area contributed by atoms with Crippen molar-refractivity contribution in [1.82, 2.24) is 4.98 Å². The van der Waals surface area contributed by atoms with Crippen molar-refractivity contribution in [2.75, 3.05) is 0 Å². The van der Waals surface area contributed by atoms with Gasteiger partial charge in [-0.2, -0.15) is 0 Å². The lowest BCUT2D eigenvalue weighted by Crippen LogP contribution is -2.00. The molecule has 0 saturated carbocycles. The molecule has 1 N–H and O–H groups in total. The first-order valence-corrected chi connectivity index (χ1v) is 7.57. The number of halogens is 1. The molecular weight excluding hydrogens is 306 g/mol. The number of aromatic carboxylic acids is 1. The maximum Gasteiger partial charge on any atom is 0.336 e. The lowest BCUT2D eigenvalue weighted by atomic mass is 10.0. The summed E-state index contributed by atoms with van der Waals surface area (Å²) in [7, 11) is 0. The lowest BCUT2D eigenvalue weighted by molar-refractivity contribution is 0.0699. The summed E-state index contributed by atoms with van der Waals surface area (Å²) < 4.78 is 0. The molecule has 3 aromatic rings. The highest BCUT2D eigenvalue weighted by molar-refractivity contribution is 7.12. The van der Waals surface area contributed by atoms with Crippen LogP contribution >= 0.6 is 22.9 Å². The van der Waals surface area contributed by atoms with Gasteiger partial charge < -0.3 is 5.11 Å². The van der Waals surface area contributed by atoms with Gasteiger partial charge in [0.05, 0.1) is 21.8 Å². The van der Waals surface area contributed by atoms with Gasteiger partial charge in [0.1, 0.15) is 0 Å². The standard InChI is InChI=1S/C16H12ClNO2S/c1-8-6-11(9(2)21-8)14-7-12(16(19)20)10-4-3-5-13(17)15(10)18-14/h3-7H,1-2H3,(H,19,20). The van der Waals surface area contributed by atoms with Crippen LogP contribution in [0.1, 0.15) is 20.1 Å². The molecule has 0 unspecified atom stereocenters. The van der Waals surface area contributed by atoms with E-state index in [0.717, 1.165) is 10.4 Å². The predicted molar refractivity (Wildman–Crippen MR) is 86.5 cm³/mol. The Morgan fingerprint density at radius 3 is 2.67 bits per heavy atom. The molecule has 1 aromatic carbocycles. The smallest absolute Gasteiger partial charge is 0.336 e. The van der Waals surface area contributed by atoms with Gasteiger partial charge in [-0.25, -0.2) is 9.78 Å². The average molecular weight is 318 g/mol. The minimum Gasteiger partial charge on any atom is -0.478 e. The summed E-state index contributed by atoms with van der Waals surface area (Å²) in [6, 6.07) is 8.83. The lowest BCUT2D eigenvalue weighted by Gasteiger charge is -2.08. The predicted octanol–water partition coefficient (Wildman–Crippen LogP) is 4.93. The van der Waals surface area contributed by atoms with Crippen LogP contribution in [0, 0.1) is 13.8 Å². The maximum atomic E-state index is 11.5. The number of carboxylic acids is 1. The molecule has 0 aliphatic heterocycles. The van der Waals surface area contributed by atoms with Crippen LogP contribution in [-0.2, 0) is 0 Å². The molecule has 2 aromatic heterocycles. The Hall–Kier alpha value is -1.91. The van der Waals surface area contributed by atoms with Gasteiger partial charge in [-0.15, -0.1) is 11.3 Å². The molecule has 0 spiro atoms. The highest BCUT2D eigenvalue weighted by Crippen LogP contribution is 2.33. The molecular formula is C16H12ClNO2S. The Morgan fingerprint density at radius 2 is 2.05 bits per heavy atom. The minimum absolute atomic E-state index is 0.223. The van der Waals surface area contributed by atoms with Gasteiger partial charge in [0.2, 0.25) is 0 Å². The number of para-hydroxylation sites is 1. The van der Waals surface area contributed by atoms with Crippen LogP contribution in [-0.4, -0.2) is 16.1 Å². The van der Waals surface area contributed by atoms with E-state index < -0.39 is 5.97 Å². The molecule has 0 atom stereocenters. The molecule has 0 amide bonds. The number of aromatic nitrogens is 1. The van der Waals surface area contributed by atoms with Crippen LogP contribution in [0.25, 0.3) is 22.2 Å². The highest BCUT2D eigenvalue weighted by atomic mass is 35.5. The van der Waals surface area contributed by atoms with Gasteiger partial charge in [0.25, 0.3) is 0 Å². The topological polar surface area (TPSA) is 50.2 Å². The van der Waals surface area contributed by atoms with Crippen LogP contribution in [0.5, 0.6) is 0 Å². The number of benzene rings is 1. The molecule has 106 valence electrons. The van der Waals surface area contributed by atoms with Gasteiger partial charge in [-0.3, -0.25) is 0 Å². The molecule has 0 aliphatic rings. The molecule has 2 heterocycles. The Bertz CT molecular complexity index is 870. The molecule has 21 heavy (non-hydrogen) atoms. The van der Waals surface area contributed by atoms with E-state index >= 15 is 0 Å². The zero-order valence-corrected chi connectivity index (χ0v) is 13.0. The zero-order valence-electron chi connectivity index (χ0n) is 11.5. The summed E-state index contributed by atoms with van der Waals surface area (Å²) in [4.78, 5) is 18.4. The Balaban J connectivity index is 2.37. The van der Waals surface area contributed by atoms with Crippen molar-refractivity contribution in [3.05, 3.63) is 50.7 Å².